The summed E-state index contributed by atoms with van der Waals surface area (Å²) in [7, 11) is 0. The van der Waals surface area contributed by atoms with Gasteiger partial charge in [0.15, 0.2) is 0 Å². The topological polar surface area (TPSA) is 66.4 Å². The van der Waals surface area contributed by atoms with Crippen molar-refractivity contribution < 1.29 is 19.1 Å². The summed E-state index contributed by atoms with van der Waals surface area (Å²) in [6, 6.07) is 5.93. The molecule has 1 amide bonds. The Morgan fingerprint density at radius 2 is 2.11 bits per heavy atom. The smallest absolute Gasteiger partial charge is 0.303 e. The third-order valence-corrected chi connectivity index (χ3v) is 2.39. The third kappa shape index (κ3) is 6.98. The van der Waals surface area contributed by atoms with E-state index in [9.17, 15) is 14.0 Å². The molecule has 0 saturated carbocycles. The van der Waals surface area contributed by atoms with Gasteiger partial charge in [-0.15, -0.1) is 0 Å². The summed E-state index contributed by atoms with van der Waals surface area (Å²) in [5.74, 6) is -1.46. The minimum absolute atomic E-state index is 0.106. The van der Waals surface area contributed by atoms with E-state index in [4.69, 9.17) is 5.11 Å². The SMILES string of the molecule is O=C(O)CCCCNC(=O)/C=C\c1cccc(F)c1. The zero-order chi connectivity index (χ0) is 14.1. The summed E-state index contributed by atoms with van der Waals surface area (Å²) < 4.78 is 12.9. The molecule has 1 rings (SSSR count). The van der Waals surface area contributed by atoms with E-state index in [1.54, 1.807) is 12.1 Å². The normalized spacial score (nSPS) is 10.6. The van der Waals surface area contributed by atoms with Crippen molar-refractivity contribution in [1.82, 2.24) is 5.32 Å². The fraction of sp³-hybridized carbons (Fsp3) is 0.286. The second-order valence-electron chi connectivity index (χ2n) is 4.03. The summed E-state index contributed by atoms with van der Waals surface area (Å²) >= 11 is 0. The Kier molecular flexibility index (Phi) is 6.29. The zero-order valence-corrected chi connectivity index (χ0v) is 10.4. The molecular formula is C14H16FNO3. The van der Waals surface area contributed by atoms with Gasteiger partial charge in [0.25, 0.3) is 0 Å². The number of carboxylic acid groups (broad SMARTS) is 1. The van der Waals surface area contributed by atoms with Crippen molar-refractivity contribution in [3.05, 3.63) is 41.7 Å². The highest BCUT2D eigenvalue weighted by Crippen LogP contribution is 2.05. The molecule has 0 bridgehead atoms. The number of amides is 1. The fourth-order valence-electron chi connectivity index (χ4n) is 1.45. The molecule has 0 unspecified atom stereocenters. The molecule has 0 saturated heterocycles. The average Bonchev–Trinajstić information content (AvgIpc) is 2.35. The number of carboxylic acids is 1. The molecule has 5 heteroatoms. The first-order chi connectivity index (χ1) is 9.08. The highest BCUT2D eigenvalue weighted by Gasteiger charge is 1.98. The Balaban J connectivity index is 2.25. The van der Waals surface area contributed by atoms with Crippen LogP contribution >= 0.6 is 0 Å². The van der Waals surface area contributed by atoms with Crippen LogP contribution in [0, 0.1) is 5.82 Å². The molecule has 0 aliphatic heterocycles. The van der Waals surface area contributed by atoms with E-state index in [1.807, 2.05) is 0 Å². The van der Waals surface area contributed by atoms with Crippen LogP contribution in [0.25, 0.3) is 6.08 Å². The van der Waals surface area contributed by atoms with Crippen LogP contribution in [0.3, 0.4) is 0 Å². The maximum absolute atomic E-state index is 12.9. The van der Waals surface area contributed by atoms with E-state index in [0.717, 1.165) is 0 Å². The molecule has 102 valence electrons. The number of halogens is 1. The van der Waals surface area contributed by atoms with E-state index in [-0.39, 0.29) is 18.1 Å². The number of aliphatic carboxylic acids is 1. The minimum atomic E-state index is -0.836. The van der Waals surface area contributed by atoms with E-state index in [2.05, 4.69) is 5.32 Å². The molecule has 19 heavy (non-hydrogen) atoms. The molecule has 1 aromatic rings. The monoisotopic (exact) mass is 265 g/mol. The van der Waals surface area contributed by atoms with Crippen LogP contribution in [0.2, 0.25) is 0 Å². The van der Waals surface area contributed by atoms with Gasteiger partial charge in [-0.1, -0.05) is 12.1 Å². The van der Waals surface area contributed by atoms with Gasteiger partial charge in [0.2, 0.25) is 5.91 Å². The van der Waals surface area contributed by atoms with Gasteiger partial charge >= 0.3 is 5.97 Å². The molecule has 0 fully saturated rings. The van der Waals surface area contributed by atoms with Crippen LogP contribution in [0.5, 0.6) is 0 Å². The Bertz CT molecular complexity index is 472. The molecule has 0 aromatic heterocycles. The zero-order valence-electron chi connectivity index (χ0n) is 10.4. The molecule has 2 N–H and O–H groups in total. The largest absolute Gasteiger partial charge is 0.481 e. The molecule has 1 aromatic carbocycles. The van der Waals surface area contributed by atoms with Gasteiger partial charge in [0.1, 0.15) is 5.82 Å². The first-order valence-electron chi connectivity index (χ1n) is 6.01. The predicted octanol–water partition coefficient (Wildman–Crippen LogP) is 2.21. The van der Waals surface area contributed by atoms with Gasteiger partial charge in [-0.3, -0.25) is 9.59 Å². The maximum Gasteiger partial charge on any atom is 0.303 e. The number of rotatable bonds is 7. The van der Waals surface area contributed by atoms with Crippen molar-refractivity contribution in [2.75, 3.05) is 6.54 Å². The molecule has 0 atom stereocenters. The van der Waals surface area contributed by atoms with Crippen LogP contribution in [-0.4, -0.2) is 23.5 Å². The lowest BCUT2D eigenvalue weighted by molar-refractivity contribution is -0.137. The van der Waals surface area contributed by atoms with E-state index in [0.29, 0.717) is 24.9 Å². The number of unbranched alkanes of at least 4 members (excludes halogenated alkanes) is 1. The standard InChI is InChI=1S/C14H16FNO3/c15-12-5-3-4-11(10-12)7-8-13(17)16-9-2-1-6-14(18)19/h3-5,7-8,10H,1-2,6,9H2,(H,16,17)(H,18,19)/b8-7-. The van der Waals surface area contributed by atoms with Crippen LogP contribution in [-0.2, 0) is 9.59 Å². The molecule has 0 spiro atoms. The predicted molar refractivity (Wildman–Crippen MR) is 69.9 cm³/mol. The van der Waals surface area contributed by atoms with Gasteiger partial charge in [0.05, 0.1) is 0 Å². The van der Waals surface area contributed by atoms with E-state index >= 15 is 0 Å². The molecule has 0 aliphatic carbocycles. The van der Waals surface area contributed by atoms with Gasteiger partial charge in [-0.25, -0.2) is 4.39 Å². The number of benzene rings is 1. The van der Waals surface area contributed by atoms with Gasteiger partial charge in [-0.05, 0) is 36.6 Å². The maximum atomic E-state index is 12.9. The summed E-state index contributed by atoms with van der Waals surface area (Å²) in [5.41, 5.74) is 0.612. The highest BCUT2D eigenvalue weighted by molar-refractivity contribution is 5.91. The number of hydrogen-bond donors (Lipinski definition) is 2. The molecule has 0 aliphatic rings. The Morgan fingerprint density at radius 3 is 2.79 bits per heavy atom. The Hall–Kier alpha value is -2.17. The molecule has 0 radical (unpaired) electrons. The number of carbonyl (C=O) groups is 2. The van der Waals surface area contributed by atoms with Crippen molar-refractivity contribution >= 4 is 18.0 Å². The van der Waals surface area contributed by atoms with Crippen LogP contribution in [0.4, 0.5) is 4.39 Å². The molecular weight excluding hydrogens is 249 g/mol. The van der Waals surface area contributed by atoms with Crippen molar-refractivity contribution in [1.29, 1.82) is 0 Å². The van der Waals surface area contributed by atoms with Crippen LogP contribution < -0.4 is 5.32 Å². The fourth-order valence-corrected chi connectivity index (χ4v) is 1.45. The first-order valence-corrected chi connectivity index (χ1v) is 6.01. The number of nitrogens with one attached hydrogen (secondary N) is 1. The van der Waals surface area contributed by atoms with Gasteiger partial charge in [0, 0.05) is 19.0 Å². The van der Waals surface area contributed by atoms with Crippen molar-refractivity contribution in [2.24, 2.45) is 0 Å². The highest BCUT2D eigenvalue weighted by atomic mass is 19.1. The van der Waals surface area contributed by atoms with E-state index < -0.39 is 5.97 Å². The summed E-state index contributed by atoms with van der Waals surface area (Å²) in [6.07, 6.45) is 4.10. The first kappa shape index (κ1) is 14.9. The average molecular weight is 265 g/mol. The lowest BCUT2D eigenvalue weighted by Gasteiger charge is -2.00. The molecule has 0 heterocycles. The summed E-state index contributed by atoms with van der Waals surface area (Å²) in [4.78, 5) is 21.6. The van der Waals surface area contributed by atoms with Crippen LogP contribution in [0.15, 0.2) is 30.3 Å². The van der Waals surface area contributed by atoms with E-state index in [1.165, 1.54) is 24.3 Å². The number of hydrogen-bond acceptors (Lipinski definition) is 2. The van der Waals surface area contributed by atoms with Crippen molar-refractivity contribution in [2.45, 2.75) is 19.3 Å². The van der Waals surface area contributed by atoms with Crippen molar-refractivity contribution in [3.63, 3.8) is 0 Å². The lowest BCUT2D eigenvalue weighted by Crippen LogP contribution is -2.22. The van der Waals surface area contributed by atoms with Crippen molar-refractivity contribution in [3.8, 4) is 0 Å². The second-order valence-corrected chi connectivity index (χ2v) is 4.03. The summed E-state index contributed by atoms with van der Waals surface area (Å²) in [6.45, 7) is 0.430. The number of carbonyl (C=O) groups excluding carboxylic acids is 1. The third-order valence-electron chi connectivity index (χ3n) is 2.39. The lowest BCUT2D eigenvalue weighted by atomic mass is 10.2. The Labute approximate surface area is 110 Å². The van der Waals surface area contributed by atoms with Gasteiger partial charge in [-0.2, -0.15) is 0 Å². The molecule has 4 nitrogen and oxygen atoms in total. The quantitative estimate of drug-likeness (QED) is 0.586. The van der Waals surface area contributed by atoms with Gasteiger partial charge < -0.3 is 10.4 Å². The van der Waals surface area contributed by atoms with Crippen LogP contribution in [0.1, 0.15) is 24.8 Å². The Morgan fingerprint density at radius 1 is 1.32 bits per heavy atom. The second kappa shape index (κ2) is 8.02. The summed E-state index contributed by atoms with van der Waals surface area (Å²) in [5, 5.41) is 11.1. The minimum Gasteiger partial charge on any atom is -0.481 e.